The van der Waals surface area contributed by atoms with Gasteiger partial charge in [0, 0.05) is 5.56 Å². The largest absolute Gasteiger partial charge is 0.496 e. The molecule has 4 unspecified atom stereocenters. The lowest BCUT2D eigenvalue weighted by Gasteiger charge is -2.37. The van der Waals surface area contributed by atoms with Crippen molar-refractivity contribution in [3.8, 4) is 5.75 Å². The van der Waals surface area contributed by atoms with E-state index in [1.807, 2.05) is 24.3 Å². The number of hydrogen-bond acceptors (Lipinski definition) is 6. The normalized spacial score (nSPS) is 26.5. The van der Waals surface area contributed by atoms with Crippen molar-refractivity contribution < 1.29 is 23.5 Å². The zero-order valence-electron chi connectivity index (χ0n) is 18.8. The molecule has 3 aliphatic rings. The van der Waals surface area contributed by atoms with Crippen LogP contribution in [0.15, 0.2) is 53.8 Å². The Morgan fingerprint density at radius 1 is 1.18 bits per heavy atom. The van der Waals surface area contributed by atoms with E-state index in [0.717, 1.165) is 19.3 Å². The lowest BCUT2D eigenvalue weighted by molar-refractivity contribution is -0.132. The van der Waals surface area contributed by atoms with Gasteiger partial charge in [-0.3, -0.25) is 14.5 Å². The number of benzene rings is 2. The maximum absolute atomic E-state index is 13.9. The van der Waals surface area contributed by atoms with Crippen LogP contribution in [0.4, 0.5) is 9.52 Å². The molecule has 1 saturated carbocycles. The predicted molar refractivity (Wildman–Crippen MR) is 126 cm³/mol. The van der Waals surface area contributed by atoms with E-state index in [4.69, 9.17) is 9.47 Å². The number of hydrogen-bond donors (Lipinski definition) is 0. The average molecular weight is 479 g/mol. The number of amides is 1. The fraction of sp³-hybridized carbons (Fsp3) is 0.346. The summed E-state index contributed by atoms with van der Waals surface area (Å²) in [5, 5.41) is 0.392. The van der Waals surface area contributed by atoms with Gasteiger partial charge in [-0.2, -0.15) is 0 Å². The molecule has 1 fully saturated rings. The summed E-state index contributed by atoms with van der Waals surface area (Å²) in [6.45, 7) is 2.15. The third-order valence-electron chi connectivity index (χ3n) is 7.09. The lowest BCUT2D eigenvalue weighted by Crippen LogP contribution is -2.41. The van der Waals surface area contributed by atoms with Crippen molar-refractivity contribution in [1.29, 1.82) is 0 Å². The summed E-state index contributed by atoms with van der Waals surface area (Å²) in [7, 11) is 1.56. The molecular formula is C26H23FN2O4S. The highest BCUT2D eigenvalue weighted by Gasteiger charge is 2.54. The van der Waals surface area contributed by atoms with E-state index in [2.05, 4.69) is 11.9 Å². The average Bonchev–Trinajstić information content (AvgIpc) is 3.37. The molecule has 1 aliphatic carbocycles. The molecule has 6 rings (SSSR count). The van der Waals surface area contributed by atoms with E-state index < -0.39 is 11.9 Å². The van der Waals surface area contributed by atoms with E-state index in [-0.39, 0.29) is 29.4 Å². The molecule has 1 aromatic heterocycles. The van der Waals surface area contributed by atoms with Gasteiger partial charge in [-0.15, -0.1) is 0 Å². The number of anilines is 1. The van der Waals surface area contributed by atoms with Crippen molar-refractivity contribution >= 4 is 38.4 Å². The molecule has 0 radical (unpaired) electrons. The Balaban J connectivity index is 1.53. The summed E-state index contributed by atoms with van der Waals surface area (Å²) in [5.74, 6) is 0.0451. The standard InChI is InChI=1S/C26H23FN2O4S/c1-13-7-10-19-16(11-13)23(30)21-22(15-5-3-4-6-18(15)32-2)29(25(31)24(21)33-19)26-28-17-9-8-14(27)12-20(17)34-26/h3-6,8-9,12-13,16,19,22H,7,10-11H2,1-2H3. The van der Waals surface area contributed by atoms with Crippen LogP contribution in [-0.4, -0.2) is 29.9 Å². The van der Waals surface area contributed by atoms with E-state index >= 15 is 0 Å². The Hall–Kier alpha value is -3.26. The predicted octanol–water partition coefficient (Wildman–Crippen LogP) is 5.19. The van der Waals surface area contributed by atoms with Gasteiger partial charge < -0.3 is 9.47 Å². The van der Waals surface area contributed by atoms with Crippen LogP contribution in [-0.2, 0) is 14.3 Å². The van der Waals surface area contributed by atoms with Crippen molar-refractivity contribution in [2.45, 2.75) is 38.3 Å². The Morgan fingerprint density at radius 2 is 2.00 bits per heavy atom. The number of ketones is 1. The van der Waals surface area contributed by atoms with Crippen molar-refractivity contribution in [2.75, 3.05) is 12.0 Å². The molecule has 174 valence electrons. The molecule has 3 heterocycles. The molecule has 1 amide bonds. The van der Waals surface area contributed by atoms with Crippen LogP contribution in [0.1, 0.15) is 37.8 Å². The van der Waals surface area contributed by atoms with E-state index in [0.29, 0.717) is 38.2 Å². The second-order valence-electron chi connectivity index (χ2n) is 9.22. The zero-order chi connectivity index (χ0) is 23.6. The highest BCUT2D eigenvalue weighted by Crippen LogP contribution is 2.51. The van der Waals surface area contributed by atoms with Gasteiger partial charge in [0.1, 0.15) is 23.7 Å². The summed E-state index contributed by atoms with van der Waals surface area (Å²) < 4.78 is 26.3. The number of rotatable bonds is 3. The molecular weight excluding hydrogens is 455 g/mol. The summed E-state index contributed by atoms with van der Waals surface area (Å²) in [4.78, 5) is 33.8. The Bertz CT molecular complexity index is 1370. The number of halogens is 1. The monoisotopic (exact) mass is 478 g/mol. The Labute approximate surface area is 200 Å². The molecule has 0 spiro atoms. The number of carbonyl (C=O) groups excluding carboxylic acids is 2. The topological polar surface area (TPSA) is 68.7 Å². The number of methoxy groups -OCH3 is 1. The molecule has 6 nitrogen and oxygen atoms in total. The highest BCUT2D eigenvalue weighted by atomic mass is 32.1. The van der Waals surface area contributed by atoms with Crippen molar-refractivity contribution in [1.82, 2.24) is 4.98 Å². The van der Waals surface area contributed by atoms with Crippen LogP contribution in [0.2, 0.25) is 0 Å². The fourth-order valence-corrected chi connectivity index (χ4v) is 6.47. The number of Topliss-reactive ketones (excluding diaryl/α,β-unsaturated/α-hetero) is 1. The van der Waals surface area contributed by atoms with E-state index in [1.54, 1.807) is 13.2 Å². The molecule has 8 heteroatoms. The first-order valence-electron chi connectivity index (χ1n) is 11.4. The molecule has 0 bridgehead atoms. The van der Waals surface area contributed by atoms with Gasteiger partial charge in [-0.1, -0.05) is 36.5 Å². The molecule has 0 N–H and O–H groups in total. The van der Waals surface area contributed by atoms with Gasteiger partial charge in [0.2, 0.25) is 0 Å². The number of thiazole rings is 1. The second-order valence-corrected chi connectivity index (χ2v) is 10.2. The number of carbonyl (C=O) groups is 2. The first-order valence-corrected chi connectivity index (χ1v) is 12.3. The molecule has 3 aromatic rings. The maximum atomic E-state index is 13.9. The smallest absolute Gasteiger partial charge is 0.296 e. The number of fused-ring (bicyclic) bond motifs is 2. The quantitative estimate of drug-likeness (QED) is 0.518. The van der Waals surface area contributed by atoms with Crippen LogP contribution >= 0.6 is 11.3 Å². The fourth-order valence-electron chi connectivity index (χ4n) is 5.45. The van der Waals surface area contributed by atoms with Crippen LogP contribution in [0.25, 0.3) is 10.2 Å². The highest BCUT2D eigenvalue weighted by molar-refractivity contribution is 7.22. The SMILES string of the molecule is COc1ccccc1C1C2=C(OC3CCC(C)CC3C2=O)C(=O)N1c1nc2ccc(F)cc2s1. The van der Waals surface area contributed by atoms with Crippen molar-refractivity contribution in [3.63, 3.8) is 0 Å². The minimum Gasteiger partial charge on any atom is -0.496 e. The summed E-state index contributed by atoms with van der Waals surface area (Å²) >= 11 is 1.22. The van der Waals surface area contributed by atoms with Crippen molar-refractivity contribution in [2.24, 2.45) is 11.8 Å². The molecule has 0 saturated heterocycles. The Kier molecular flexibility index (Phi) is 4.95. The first-order chi connectivity index (χ1) is 16.5. The lowest BCUT2D eigenvalue weighted by atomic mass is 9.74. The van der Waals surface area contributed by atoms with Crippen molar-refractivity contribution in [3.05, 3.63) is 65.2 Å². The first kappa shape index (κ1) is 21.3. The number of aromatic nitrogens is 1. The van der Waals surface area contributed by atoms with Gasteiger partial charge >= 0.3 is 0 Å². The number of ether oxygens (including phenoxy) is 2. The van der Waals surface area contributed by atoms with Gasteiger partial charge in [-0.25, -0.2) is 9.37 Å². The summed E-state index contributed by atoms with van der Waals surface area (Å²) in [6.07, 6.45) is 2.18. The number of nitrogens with zero attached hydrogens (tertiary/aromatic N) is 2. The molecule has 2 aliphatic heterocycles. The molecule has 2 aromatic carbocycles. The third kappa shape index (κ3) is 3.15. The van der Waals surface area contributed by atoms with Crippen LogP contribution in [0.5, 0.6) is 5.75 Å². The van der Waals surface area contributed by atoms with Gasteiger partial charge in [-0.05, 0) is 49.4 Å². The van der Waals surface area contributed by atoms with Gasteiger partial charge in [0.25, 0.3) is 5.91 Å². The summed E-state index contributed by atoms with van der Waals surface area (Å²) in [6, 6.07) is 11.0. The molecule has 34 heavy (non-hydrogen) atoms. The third-order valence-corrected chi connectivity index (χ3v) is 8.11. The van der Waals surface area contributed by atoms with E-state index in [9.17, 15) is 14.0 Å². The van der Waals surface area contributed by atoms with Gasteiger partial charge in [0.05, 0.1) is 28.8 Å². The summed E-state index contributed by atoms with van der Waals surface area (Å²) in [5.41, 5.74) is 1.65. The molecule has 4 atom stereocenters. The minimum absolute atomic E-state index is 0.0308. The second kappa shape index (κ2) is 7.91. The van der Waals surface area contributed by atoms with Gasteiger partial charge in [0.15, 0.2) is 16.7 Å². The Morgan fingerprint density at radius 3 is 2.82 bits per heavy atom. The number of para-hydroxylation sites is 1. The minimum atomic E-state index is -0.727. The van der Waals surface area contributed by atoms with Crippen LogP contribution < -0.4 is 9.64 Å². The zero-order valence-corrected chi connectivity index (χ0v) is 19.6. The van der Waals surface area contributed by atoms with E-state index in [1.165, 1.54) is 28.4 Å². The van der Waals surface area contributed by atoms with Crippen LogP contribution in [0.3, 0.4) is 0 Å². The maximum Gasteiger partial charge on any atom is 0.296 e. The van der Waals surface area contributed by atoms with Crippen LogP contribution in [0, 0.1) is 17.7 Å².